The summed E-state index contributed by atoms with van der Waals surface area (Å²) < 4.78 is 3.12. The second-order valence-corrected chi connectivity index (χ2v) is 5.14. The van der Waals surface area contributed by atoms with Crippen molar-refractivity contribution in [1.82, 2.24) is 15.0 Å². The molecule has 2 N–H and O–H groups in total. The molecule has 0 unspecified atom stereocenters. The van der Waals surface area contributed by atoms with E-state index >= 15 is 0 Å². The molecule has 2 aromatic heterocycles. The van der Waals surface area contributed by atoms with Crippen molar-refractivity contribution in [3.05, 3.63) is 41.5 Å². The van der Waals surface area contributed by atoms with Crippen LogP contribution in [0.5, 0.6) is 0 Å². The number of thiophene rings is 1. The first kappa shape index (κ1) is 11.4. The number of nitrogens with two attached hydrogens (primary N) is 1. The Hall–Kier alpha value is -1.72. The summed E-state index contributed by atoms with van der Waals surface area (Å²) in [6.07, 6.45) is 3.81. The molecule has 0 saturated heterocycles. The predicted molar refractivity (Wildman–Crippen MR) is 74.1 cm³/mol. The minimum Gasteiger partial charge on any atom is -0.330 e. The molecule has 4 nitrogen and oxygen atoms in total. The Labute approximate surface area is 109 Å². The lowest BCUT2D eigenvalue weighted by Crippen LogP contribution is -2.00. The van der Waals surface area contributed by atoms with Gasteiger partial charge in [0.2, 0.25) is 0 Å². The highest BCUT2D eigenvalue weighted by Gasteiger charge is 2.04. The zero-order valence-electron chi connectivity index (χ0n) is 9.91. The Kier molecular flexibility index (Phi) is 3.08. The fourth-order valence-corrected chi connectivity index (χ4v) is 2.69. The van der Waals surface area contributed by atoms with E-state index in [0.29, 0.717) is 6.54 Å². The Balaban J connectivity index is 1.90. The normalized spacial score (nSPS) is 11.2. The fraction of sp³-hybridized carbons (Fsp3) is 0.231. The van der Waals surface area contributed by atoms with Crippen molar-refractivity contribution in [2.45, 2.75) is 12.8 Å². The van der Waals surface area contributed by atoms with Crippen molar-refractivity contribution < 1.29 is 0 Å². The maximum atomic E-state index is 5.49. The van der Waals surface area contributed by atoms with Crippen LogP contribution in [0.1, 0.15) is 12.1 Å². The minimum absolute atomic E-state index is 0.688. The third-order valence-electron chi connectivity index (χ3n) is 2.88. The average molecular weight is 258 g/mol. The second kappa shape index (κ2) is 4.88. The van der Waals surface area contributed by atoms with Gasteiger partial charge in [0, 0.05) is 4.70 Å². The number of nitrogens with zero attached hydrogens (tertiary/aromatic N) is 3. The standard InChI is InChI=1S/C13H14N4S/c14-6-1-2-11-9-17(16-15-11)12-3-4-13-10(8-12)5-7-18-13/h3-5,7-9H,1-2,6,14H2. The van der Waals surface area contributed by atoms with Crippen molar-refractivity contribution in [2.75, 3.05) is 6.54 Å². The van der Waals surface area contributed by atoms with Crippen LogP contribution in [0, 0.1) is 0 Å². The number of hydrogen-bond acceptors (Lipinski definition) is 4. The van der Waals surface area contributed by atoms with Crippen LogP contribution in [0.15, 0.2) is 35.8 Å². The number of fused-ring (bicyclic) bond motifs is 1. The molecule has 0 amide bonds. The molecule has 2 heterocycles. The van der Waals surface area contributed by atoms with Gasteiger partial charge in [-0.15, -0.1) is 16.4 Å². The molecular formula is C13H14N4S. The first-order valence-corrected chi connectivity index (χ1v) is 6.84. The predicted octanol–water partition coefficient (Wildman–Crippen LogP) is 2.37. The Morgan fingerprint density at radius 2 is 2.22 bits per heavy atom. The van der Waals surface area contributed by atoms with Crippen molar-refractivity contribution in [1.29, 1.82) is 0 Å². The second-order valence-electron chi connectivity index (χ2n) is 4.19. The summed E-state index contributed by atoms with van der Waals surface area (Å²) in [4.78, 5) is 0. The van der Waals surface area contributed by atoms with E-state index < -0.39 is 0 Å². The summed E-state index contributed by atoms with van der Waals surface area (Å²) in [5.74, 6) is 0. The van der Waals surface area contributed by atoms with Crippen LogP contribution in [0.2, 0.25) is 0 Å². The maximum absolute atomic E-state index is 5.49. The Bertz CT molecular complexity index is 656. The van der Waals surface area contributed by atoms with Crippen molar-refractivity contribution in [3.8, 4) is 5.69 Å². The molecule has 0 bridgehead atoms. The number of rotatable bonds is 4. The molecule has 5 heteroatoms. The number of aryl methyl sites for hydroxylation is 1. The van der Waals surface area contributed by atoms with Crippen LogP contribution < -0.4 is 5.73 Å². The van der Waals surface area contributed by atoms with E-state index in [1.165, 1.54) is 10.1 Å². The highest BCUT2D eigenvalue weighted by Crippen LogP contribution is 2.23. The van der Waals surface area contributed by atoms with E-state index in [0.717, 1.165) is 24.2 Å². The lowest BCUT2D eigenvalue weighted by molar-refractivity contribution is 0.779. The zero-order valence-corrected chi connectivity index (χ0v) is 10.7. The molecule has 0 saturated carbocycles. The van der Waals surface area contributed by atoms with E-state index in [9.17, 15) is 0 Å². The molecule has 0 fully saturated rings. The molecule has 0 atom stereocenters. The smallest absolute Gasteiger partial charge is 0.0832 e. The third-order valence-corrected chi connectivity index (χ3v) is 3.78. The van der Waals surface area contributed by atoms with Crippen LogP contribution in [0.3, 0.4) is 0 Å². The molecular weight excluding hydrogens is 244 g/mol. The summed E-state index contributed by atoms with van der Waals surface area (Å²) >= 11 is 1.75. The summed E-state index contributed by atoms with van der Waals surface area (Å²) in [5.41, 5.74) is 7.53. The molecule has 0 spiro atoms. The lowest BCUT2D eigenvalue weighted by Gasteiger charge is -1.99. The molecule has 0 aliphatic heterocycles. The van der Waals surface area contributed by atoms with E-state index in [2.05, 4.69) is 40.0 Å². The van der Waals surface area contributed by atoms with Crippen molar-refractivity contribution >= 4 is 21.4 Å². The van der Waals surface area contributed by atoms with E-state index in [1.807, 2.05) is 10.9 Å². The van der Waals surface area contributed by atoms with E-state index in [-0.39, 0.29) is 0 Å². The van der Waals surface area contributed by atoms with E-state index in [4.69, 9.17) is 5.73 Å². The summed E-state index contributed by atoms with van der Waals surface area (Å²) in [6, 6.07) is 8.44. The first-order chi connectivity index (χ1) is 8.86. The van der Waals surface area contributed by atoms with Crippen molar-refractivity contribution in [3.63, 3.8) is 0 Å². The van der Waals surface area contributed by atoms with Crippen molar-refractivity contribution in [2.24, 2.45) is 5.73 Å². The number of hydrogen-bond donors (Lipinski definition) is 1. The topological polar surface area (TPSA) is 56.7 Å². The minimum atomic E-state index is 0.688. The van der Waals surface area contributed by atoms with Gasteiger partial charge >= 0.3 is 0 Å². The van der Waals surface area contributed by atoms with Gasteiger partial charge in [-0.2, -0.15) is 0 Å². The molecule has 92 valence electrons. The van der Waals surface area contributed by atoms with Gasteiger partial charge in [-0.3, -0.25) is 0 Å². The van der Waals surface area contributed by atoms with Gasteiger partial charge in [0.05, 0.1) is 17.6 Å². The Morgan fingerprint density at radius 1 is 1.28 bits per heavy atom. The summed E-state index contributed by atoms with van der Waals surface area (Å²) in [5, 5.41) is 11.7. The van der Waals surface area contributed by atoms with Gasteiger partial charge < -0.3 is 5.73 Å². The summed E-state index contributed by atoms with van der Waals surface area (Å²) in [6.45, 7) is 0.688. The lowest BCUT2D eigenvalue weighted by atomic mass is 10.2. The molecule has 3 aromatic rings. The highest BCUT2D eigenvalue weighted by atomic mass is 32.1. The zero-order chi connectivity index (χ0) is 12.4. The van der Waals surface area contributed by atoms with Gasteiger partial charge in [0.1, 0.15) is 0 Å². The quantitative estimate of drug-likeness (QED) is 0.781. The van der Waals surface area contributed by atoms with Gasteiger partial charge in [-0.05, 0) is 54.4 Å². The Morgan fingerprint density at radius 3 is 3.11 bits per heavy atom. The third kappa shape index (κ3) is 2.14. The number of aromatic nitrogens is 3. The first-order valence-electron chi connectivity index (χ1n) is 5.96. The highest BCUT2D eigenvalue weighted by molar-refractivity contribution is 7.17. The van der Waals surface area contributed by atoms with Gasteiger partial charge in [0.25, 0.3) is 0 Å². The molecule has 18 heavy (non-hydrogen) atoms. The van der Waals surface area contributed by atoms with Gasteiger partial charge in [0.15, 0.2) is 0 Å². The number of benzene rings is 1. The van der Waals surface area contributed by atoms with Crippen LogP contribution in [0.25, 0.3) is 15.8 Å². The molecule has 0 radical (unpaired) electrons. The SMILES string of the molecule is NCCCc1cn(-c2ccc3sccc3c2)nn1. The molecule has 0 aliphatic rings. The fourth-order valence-electron chi connectivity index (χ4n) is 1.92. The van der Waals surface area contributed by atoms with E-state index in [1.54, 1.807) is 11.3 Å². The summed E-state index contributed by atoms with van der Waals surface area (Å²) in [7, 11) is 0. The van der Waals surface area contributed by atoms with Crippen LogP contribution >= 0.6 is 11.3 Å². The van der Waals surface area contributed by atoms with Crippen LogP contribution in [-0.2, 0) is 6.42 Å². The largest absolute Gasteiger partial charge is 0.330 e. The monoisotopic (exact) mass is 258 g/mol. The van der Waals surface area contributed by atoms with Crippen LogP contribution in [0.4, 0.5) is 0 Å². The molecule has 3 rings (SSSR count). The maximum Gasteiger partial charge on any atom is 0.0832 e. The molecule has 1 aromatic carbocycles. The average Bonchev–Trinajstić information content (AvgIpc) is 3.04. The van der Waals surface area contributed by atoms with Crippen LogP contribution in [-0.4, -0.2) is 21.5 Å². The molecule has 0 aliphatic carbocycles. The van der Waals surface area contributed by atoms with Gasteiger partial charge in [-0.25, -0.2) is 4.68 Å². The van der Waals surface area contributed by atoms with Gasteiger partial charge in [-0.1, -0.05) is 5.21 Å².